The van der Waals surface area contributed by atoms with Crippen LogP contribution in [0.3, 0.4) is 0 Å². The molecule has 1 aromatic rings. The Morgan fingerprint density at radius 3 is 2.64 bits per heavy atom. The summed E-state index contributed by atoms with van der Waals surface area (Å²) in [5.41, 5.74) is 1.10. The van der Waals surface area contributed by atoms with E-state index in [0.717, 1.165) is 0 Å². The molecule has 0 saturated heterocycles. The molecule has 0 aliphatic carbocycles. The number of hydrogen-bond acceptors (Lipinski definition) is 5. The van der Waals surface area contributed by atoms with Gasteiger partial charge in [-0.3, -0.25) is 10.1 Å². The van der Waals surface area contributed by atoms with Crippen molar-refractivity contribution in [3.8, 4) is 0 Å². The number of imide groups is 1. The van der Waals surface area contributed by atoms with Gasteiger partial charge in [-0.05, 0) is 12.1 Å². The minimum Gasteiger partial charge on any atom is -0.853 e. The van der Waals surface area contributed by atoms with Crippen molar-refractivity contribution in [3.05, 3.63) is 22.2 Å². The van der Waals surface area contributed by atoms with Gasteiger partial charge in [0, 0.05) is 6.54 Å². The summed E-state index contributed by atoms with van der Waals surface area (Å²) >= 11 is 12.0. The Labute approximate surface area is 158 Å². The van der Waals surface area contributed by atoms with Gasteiger partial charge in [-0.1, -0.05) is 23.2 Å². The summed E-state index contributed by atoms with van der Waals surface area (Å²) in [6, 6.07) is 1.53. The second-order valence-corrected chi connectivity index (χ2v) is 5.30. The van der Waals surface area contributed by atoms with Gasteiger partial charge in [0.15, 0.2) is 6.04 Å². The van der Waals surface area contributed by atoms with E-state index < -0.39 is 24.6 Å². The van der Waals surface area contributed by atoms with Crippen molar-refractivity contribution in [2.24, 2.45) is 4.99 Å². The fourth-order valence-corrected chi connectivity index (χ4v) is 2.64. The number of amides is 3. The van der Waals surface area contributed by atoms with Crippen LogP contribution in [-0.4, -0.2) is 37.0 Å². The van der Waals surface area contributed by atoms with E-state index in [2.05, 4.69) is 15.6 Å². The van der Waals surface area contributed by atoms with Crippen molar-refractivity contribution < 1.29 is 44.3 Å². The summed E-state index contributed by atoms with van der Waals surface area (Å²) < 4.78 is 0. The average Bonchev–Trinajstić information content (AvgIpc) is 2.42. The zero-order chi connectivity index (χ0) is 15.1. The van der Waals surface area contributed by atoms with Crippen molar-refractivity contribution in [2.75, 3.05) is 23.4 Å². The summed E-state index contributed by atoms with van der Waals surface area (Å²) in [6.45, 7) is -0.371. The molecule has 1 unspecified atom stereocenters. The summed E-state index contributed by atoms with van der Waals surface area (Å²) in [5.74, 6) is -0.344. The molecular weight excluding hydrogens is 342 g/mol. The second kappa shape index (κ2) is 6.74. The molecule has 0 spiro atoms. The SMILES string of the molecule is O=C1N=C2C(Nc3cc(Cl)c(Cl)cc3N2CC[O-])C(=O)N1.[Na+]. The van der Waals surface area contributed by atoms with E-state index in [-0.39, 0.29) is 41.9 Å². The van der Waals surface area contributed by atoms with Crippen LogP contribution in [0.15, 0.2) is 17.1 Å². The van der Waals surface area contributed by atoms with Crippen molar-refractivity contribution in [3.63, 3.8) is 0 Å². The number of nitrogens with one attached hydrogen (secondary N) is 2. The molecule has 2 aliphatic rings. The Balaban J connectivity index is 0.00000176. The molecule has 2 N–H and O–H groups in total. The molecule has 0 aromatic heterocycles. The van der Waals surface area contributed by atoms with E-state index in [4.69, 9.17) is 23.2 Å². The molecule has 7 nitrogen and oxygen atoms in total. The van der Waals surface area contributed by atoms with Crippen LogP contribution in [0.1, 0.15) is 0 Å². The quantitative estimate of drug-likeness (QED) is 0.580. The van der Waals surface area contributed by atoms with E-state index in [9.17, 15) is 14.7 Å². The molecule has 10 heteroatoms. The summed E-state index contributed by atoms with van der Waals surface area (Å²) in [7, 11) is 0. The first-order valence-electron chi connectivity index (χ1n) is 6.06. The third-order valence-electron chi connectivity index (χ3n) is 3.19. The number of benzene rings is 1. The van der Waals surface area contributed by atoms with Crippen LogP contribution in [0.2, 0.25) is 10.0 Å². The van der Waals surface area contributed by atoms with Crippen LogP contribution in [0.5, 0.6) is 0 Å². The number of rotatable bonds is 2. The maximum Gasteiger partial charge on any atom is 1.00 e. The topological polar surface area (TPSA) is 96.9 Å². The van der Waals surface area contributed by atoms with Gasteiger partial charge in [-0.25, -0.2) is 4.79 Å². The van der Waals surface area contributed by atoms with Crippen molar-refractivity contribution >= 4 is 52.4 Å². The average molecular weight is 351 g/mol. The van der Waals surface area contributed by atoms with Crippen LogP contribution in [0.4, 0.5) is 16.2 Å². The largest absolute Gasteiger partial charge is 1.00 e. The standard InChI is InChI=1S/C12H9Cl2N4O3.Na/c13-5-3-7-8(4-6(5)14)18(1-2-19)10-9(15-7)11(20)17-12(21)16-10;/h3-4,9,15H,1-2H2,(H,17,20,21);/q-1;+1. The molecule has 1 atom stereocenters. The van der Waals surface area contributed by atoms with Crippen LogP contribution in [-0.2, 0) is 4.79 Å². The molecule has 3 amide bonds. The van der Waals surface area contributed by atoms with Gasteiger partial charge in [0.25, 0.3) is 5.91 Å². The Morgan fingerprint density at radius 1 is 1.27 bits per heavy atom. The van der Waals surface area contributed by atoms with Crippen LogP contribution in [0.25, 0.3) is 0 Å². The summed E-state index contributed by atoms with van der Waals surface area (Å²) in [6.07, 6.45) is 0. The number of carbonyl (C=O) groups is 2. The van der Waals surface area contributed by atoms with Gasteiger partial charge in [0.05, 0.1) is 21.4 Å². The number of hydrogen-bond donors (Lipinski definition) is 2. The molecule has 3 rings (SSSR count). The first kappa shape index (κ1) is 17.5. The fraction of sp³-hybridized carbons (Fsp3) is 0.250. The van der Waals surface area contributed by atoms with E-state index in [1.807, 2.05) is 0 Å². The third-order valence-corrected chi connectivity index (χ3v) is 3.91. The molecule has 0 radical (unpaired) electrons. The van der Waals surface area contributed by atoms with Crippen LogP contribution in [0, 0.1) is 0 Å². The van der Waals surface area contributed by atoms with E-state index >= 15 is 0 Å². The predicted octanol–water partition coefficient (Wildman–Crippen LogP) is -2.39. The number of aliphatic imine (C=N–C) groups is 1. The Bertz CT molecular complexity index is 683. The second-order valence-electron chi connectivity index (χ2n) is 4.48. The normalized spacial score (nSPS) is 19.3. The van der Waals surface area contributed by atoms with Crippen LogP contribution < -0.4 is 50.2 Å². The molecule has 0 bridgehead atoms. The number of amidine groups is 1. The smallest absolute Gasteiger partial charge is 0.853 e. The predicted molar refractivity (Wildman–Crippen MR) is 77.1 cm³/mol. The molecule has 1 aromatic carbocycles. The molecule has 2 aliphatic heterocycles. The molecule has 0 fully saturated rings. The van der Waals surface area contributed by atoms with E-state index in [1.54, 1.807) is 12.1 Å². The van der Waals surface area contributed by atoms with E-state index in [1.165, 1.54) is 4.90 Å². The fourth-order valence-electron chi connectivity index (χ4n) is 2.32. The van der Waals surface area contributed by atoms with Gasteiger partial charge in [-0.2, -0.15) is 4.99 Å². The number of nitrogens with zero attached hydrogens (tertiary/aromatic N) is 2. The minimum absolute atomic E-state index is 0. The zero-order valence-electron chi connectivity index (χ0n) is 11.5. The number of urea groups is 1. The van der Waals surface area contributed by atoms with Crippen molar-refractivity contribution in [2.45, 2.75) is 6.04 Å². The number of fused-ring (bicyclic) bond motifs is 2. The maximum atomic E-state index is 11.9. The van der Waals surface area contributed by atoms with Crippen molar-refractivity contribution in [1.29, 1.82) is 0 Å². The molecular formula is C12H9Cl2N4NaO3. The Hall–Kier alpha value is -0.830. The van der Waals surface area contributed by atoms with Gasteiger partial charge < -0.3 is 15.3 Å². The minimum atomic E-state index is -0.848. The van der Waals surface area contributed by atoms with Gasteiger partial charge in [-0.15, -0.1) is 6.61 Å². The number of carbonyl (C=O) groups excluding carboxylic acids is 2. The summed E-state index contributed by atoms with van der Waals surface area (Å²) in [5, 5.41) is 16.7. The zero-order valence-corrected chi connectivity index (χ0v) is 15.0. The van der Waals surface area contributed by atoms with Crippen molar-refractivity contribution in [1.82, 2.24) is 5.32 Å². The number of anilines is 2. The number of halogens is 2. The van der Waals surface area contributed by atoms with Gasteiger partial charge in [0.1, 0.15) is 5.84 Å². The Kier molecular flexibility index (Phi) is 5.37. The molecule has 22 heavy (non-hydrogen) atoms. The molecule has 2 heterocycles. The van der Waals surface area contributed by atoms with Crippen LogP contribution >= 0.6 is 23.2 Å². The monoisotopic (exact) mass is 350 g/mol. The molecule has 0 saturated carbocycles. The maximum absolute atomic E-state index is 11.9. The Morgan fingerprint density at radius 2 is 1.95 bits per heavy atom. The summed E-state index contributed by atoms with van der Waals surface area (Å²) in [4.78, 5) is 28.6. The third kappa shape index (κ3) is 2.97. The van der Waals surface area contributed by atoms with Gasteiger partial charge in [0.2, 0.25) is 0 Å². The first-order chi connectivity index (χ1) is 10.0. The molecule has 110 valence electrons. The van der Waals surface area contributed by atoms with Gasteiger partial charge >= 0.3 is 35.6 Å². The first-order valence-corrected chi connectivity index (χ1v) is 6.81. The van der Waals surface area contributed by atoms with E-state index in [0.29, 0.717) is 21.4 Å².